The van der Waals surface area contributed by atoms with Crippen molar-refractivity contribution in [1.82, 2.24) is 10.2 Å². The van der Waals surface area contributed by atoms with Crippen molar-refractivity contribution in [3.05, 3.63) is 0 Å². The number of hydrogen-bond acceptors (Lipinski definition) is 3. The molecule has 1 amide bonds. The van der Waals surface area contributed by atoms with Crippen LogP contribution in [0.5, 0.6) is 0 Å². The first-order chi connectivity index (χ1) is 8.23. The molecule has 1 fully saturated rings. The van der Waals surface area contributed by atoms with Crippen molar-refractivity contribution in [3.8, 4) is 0 Å². The normalized spacial score (nSPS) is 26.6. The highest BCUT2D eigenvalue weighted by Gasteiger charge is 2.38. The predicted molar refractivity (Wildman–Crippen MR) is 69.3 cm³/mol. The highest BCUT2D eigenvalue weighted by Crippen LogP contribution is 2.26. The first-order valence-electron chi connectivity index (χ1n) is 6.51. The number of carbonyl (C=O) groups excluding carboxylic acids is 1. The van der Waals surface area contributed by atoms with Crippen molar-refractivity contribution in [2.24, 2.45) is 0 Å². The van der Waals surface area contributed by atoms with Gasteiger partial charge < -0.3 is 10.4 Å². The van der Waals surface area contributed by atoms with E-state index >= 15 is 0 Å². The lowest BCUT2D eigenvalue weighted by molar-refractivity contribution is -0.138. The number of carboxylic acids is 1. The van der Waals surface area contributed by atoms with E-state index < -0.39 is 5.97 Å². The second-order valence-electron chi connectivity index (χ2n) is 5.96. The maximum Gasteiger partial charge on any atom is 0.303 e. The van der Waals surface area contributed by atoms with Gasteiger partial charge in [-0.15, -0.1) is 0 Å². The van der Waals surface area contributed by atoms with E-state index in [1.54, 1.807) is 0 Å². The summed E-state index contributed by atoms with van der Waals surface area (Å²) in [4.78, 5) is 25.0. The quantitative estimate of drug-likeness (QED) is 0.797. The second kappa shape index (κ2) is 5.69. The molecule has 2 unspecified atom stereocenters. The molecule has 104 valence electrons. The van der Waals surface area contributed by atoms with E-state index in [-0.39, 0.29) is 30.0 Å². The van der Waals surface area contributed by atoms with Gasteiger partial charge in [0.15, 0.2) is 0 Å². The van der Waals surface area contributed by atoms with Gasteiger partial charge >= 0.3 is 5.97 Å². The van der Waals surface area contributed by atoms with Crippen LogP contribution in [0.3, 0.4) is 0 Å². The zero-order chi connectivity index (χ0) is 13.9. The Balaban J connectivity index is 2.93. The summed E-state index contributed by atoms with van der Waals surface area (Å²) in [5.74, 6) is -0.899. The second-order valence-corrected chi connectivity index (χ2v) is 5.96. The molecule has 0 bridgehead atoms. The van der Waals surface area contributed by atoms with Gasteiger partial charge in [-0.05, 0) is 40.5 Å². The van der Waals surface area contributed by atoms with Crippen LogP contribution in [0, 0.1) is 0 Å². The van der Waals surface area contributed by atoms with Gasteiger partial charge in [-0.25, -0.2) is 0 Å². The number of amides is 1. The summed E-state index contributed by atoms with van der Waals surface area (Å²) in [6.07, 6.45) is 1.28. The molecule has 18 heavy (non-hydrogen) atoms. The van der Waals surface area contributed by atoms with E-state index in [0.717, 1.165) is 6.42 Å². The maximum atomic E-state index is 12.1. The van der Waals surface area contributed by atoms with Crippen molar-refractivity contribution < 1.29 is 14.7 Å². The summed E-state index contributed by atoms with van der Waals surface area (Å²) < 4.78 is 0. The van der Waals surface area contributed by atoms with E-state index in [2.05, 4.69) is 37.9 Å². The Morgan fingerprint density at radius 1 is 1.50 bits per heavy atom. The van der Waals surface area contributed by atoms with Crippen LogP contribution in [0.1, 0.15) is 47.0 Å². The summed E-state index contributed by atoms with van der Waals surface area (Å²) in [5, 5.41) is 11.7. The lowest BCUT2D eigenvalue weighted by Gasteiger charge is -2.43. The molecule has 1 aliphatic rings. The van der Waals surface area contributed by atoms with Crippen LogP contribution in [-0.2, 0) is 9.59 Å². The van der Waals surface area contributed by atoms with Gasteiger partial charge in [-0.2, -0.15) is 0 Å². The maximum absolute atomic E-state index is 12.1. The Kier molecular flexibility index (Phi) is 4.73. The summed E-state index contributed by atoms with van der Waals surface area (Å²) in [6, 6.07) is -0.0821. The van der Waals surface area contributed by atoms with Crippen molar-refractivity contribution in [2.45, 2.75) is 64.6 Å². The monoisotopic (exact) mass is 256 g/mol. The molecule has 5 nitrogen and oxygen atoms in total. The molecule has 0 aromatic heterocycles. The number of hydrogen-bond donors (Lipinski definition) is 2. The number of nitrogens with one attached hydrogen (secondary N) is 1. The number of carboxylic acid groups (broad SMARTS) is 1. The van der Waals surface area contributed by atoms with E-state index in [1.807, 2.05) is 0 Å². The first kappa shape index (κ1) is 15.0. The Morgan fingerprint density at radius 2 is 2.11 bits per heavy atom. The molecular formula is C13H24N2O3. The van der Waals surface area contributed by atoms with Gasteiger partial charge in [-0.3, -0.25) is 14.5 Å². The van der Waals surface area contributed by atoms with E-state index in [9.17, 15) is 9.59 Å². The van der Waals surface area contributed by atoms with Crippen LogP contribution < -0.4 is 5.32 Å². The third-order valence-electron chi connectivity index (χ3n) is 3.38. The molecule has 1 saturated heterocycles. The molecular weight excluding hydrogens is 232 g/mol. The molecule has 2 N–H and O–H groups in total. The molecule has 5 heteroatoms. The zero-order valence-corrected chi connectivity index (χ0v) is 11.7. The molecule has 0 aliphatic carbocycles. The molecule has 0 radical (unpaired) electrons. The Labute approximate surface area is 109 Å². The molecule has 0 spiro atoms. The lowest BCUT2D eigenvalue weighted by atomic mass is 9.96. The summed E-state index contributed by atoms with van der Waals surface area (Å²) in [6.45, 7) is 8.96. The first-order valence-corrected chi connectivity index (χ1v) is 6.51. The Hall–Kier alpha value is -1.10. The average molecular weight is 256 g/mol. The minimum atomic E-state index is -0.853. The fourth-order valence-corrected chi connectivity index (χ4v) is 2.75. The minimum absolute atomic E-state index is 0.0252. The molecule has 2 atom stereocenters. The lowest BCUT2D eigenvalue weighted by Crippen LogP contribution is -2.55. The molecule has 0 aromatic carbocycles. The highest BCUT2D eigenvalue weighted by molar-refractivity contribution is 5.82. The molecule has 0 aromatic rings. The molecule has 0 saturated carbocycles. The predicted octanol–water partition coefficient (Wildman–Crippen LogP) is 1.23. The van der Waals surface area contributed by atoms with Crippen molar-refractivity contribution in [2.75, 3.05) is 6.54 Å². The van der Waals surface area contributed by atoms with Crippen molar-refractivity contribution in [1.29, 1.82) is 0 Å². The summed E-state index contributed by atoms with van der Waals surface area (Å²) in [5.41, 5.74) is -0.149. The van der Waals surface area contributed by atoms with E-state index in [4.69, 9.17) is 5.11 Å². The van der Waals surface area contributed by atoms with Crippen LogP contribution in [0.25, 0.3) is 0 Å². The van der Waals surface area contributed by atoms with Crippen LogP contribution in [0.4, 0.5) is 0 Å². The third-order valence-corrected chi connectivity index (χ3v) is 3.38. The van der Waals surface area contributed by atoms with Crippen molar-refractivity contribution >= 4 is 11.9 Å². The number of aliphatic carboxylic acids is 1. The molecule has 1 aliphatic heterocycles. The smallest absolute Gasteiger partial charge is 0.303 e. The van der Waals surface area contributed by atoms with E-state index in [1.165, 1.54) is 0 Å². The van der Waals surface area contributed by atoms with E-state index in [0.29, 0.717) is 13.0 Å². The topological polar surface area (TPSA) is 69.6 Å². The van der Waals surface area contributed by atoms with Crippen LogP contribution in [0.2, 0.25) is 0 Å². The van der Waals surface area contributed by atoms with Gasteiger partial charge in [0, 0.05) is 24.5 Å². The number of nitrogens with zero attached hydrogens (tertiary/aromatic N) is 1. The Bertz CT molecular complexity index is 323. The van der Waals surface area contributed by atoms with Gasteiger partial charge in [0.05, 0.1) is 6.04 Å². The van der Waals surface area contributed by atoms with Gasteiger partial charge in [-0.1, -0.05) is 0 Å². The van der Waals surface area contributed by atoms with Crippen LogP contribution in [-0.4, -0.2) is 46.1 Å². The summed E-state index contributed by atoms with van der Waals surface area (Å²) in [7, 11) is 0. The standard InChI is InChI=1S/C13H24N2O3/c1-9-7-8-14-12(18)10(5-6-11(16)17)15(9)13(2,3)4/h9-10H,5-8H2,1-4H3,(H,14,18)(H,16,17). The number of carbonyl (C=O) groups is 2. The summed E-state index contributed by atoms with van der Waals surface area (Å²) >= 11 is 0. The minimum Gasteiger partial charge on any atom is -0.481 e. The van der Waals surface area contributed by atoms with Gasteiger partial charge in [0.25, 0.3) is 0 Å². The van der Waals surface area contributed by atoms with Crippen LogP contribution in [0.15, 0.2) is 0 Å². The highest BCUT2D eigenvalue weighted by atomic mass is 16.4. The largest absolute Gasteiger partial charge is 0.481 e. The van der Waals surface area contributed by atoms with Gasteiger partial charge in [0.2, 0.25) is 5.91 Å². The number of rotatable bonds is 3. The fraction of sp³-hybridized carbons (Fsp3) is 0.846. The fourth-order valence-electron chi connectivity index (χ4n) is 2.75. The molecule has 1 rings (SSSR count). The average Bonchev–Trinajstić information content (AvgIpc) is 2.34. The van der Waals surface area contributed by atoms with Gasteiger partial charge in [0.1, 0.15) is 0 Å². The SMILES string of the molecule is CC1CCNC(=O)C(CCC(=O)O)N1C(C)(C)C. The zero-order valence-electron chi connectivity index (χ0n) is 11.7. The van der Waals surface area contributed by atoms with Crippen molar-refractivity contribution in [3.63, 3.8) is 0 Å². The third kappa shape index (κ3) is 3.70. The molecule has 1 heterocycles. The van der Waals surface area contributed by atoms with Crippen LogP contribution >= 0.6 is 0 Å². The Morgan fingerprint density at radius 3 is 2.61 bits per heavy atom.